The van der Waals surface area contributed by atoms with Crippen molar-refractivity contribution < 1.29 is 9.90 Å². The summed E-state index contributed by atoms with van der Waals surface area (Å²) in [7, 11) is 0. The number of hydrogen-bond donors (Lipinski definition) is 2. The lowest BCUT2D eigenvalue weighted by atomic mass is 9.96. The van der Waals surface area contributed by atoms with Crippen LogP contribution in [0.3, 0.4) is 0 Å². The molecule has 19 heavy (non-hydrogen) atoms. The molecule has 1 aromatic carbocycles. The van der Waals surface area contributed by atoms with E-state index in [9.17, 15) is 4.79 Å². The van der Waals surface area contributed by atoms with E-state index in [-0.39, 0.29) is 11.8 Å². The predicted molar refractivity (Wildman–Crippen MR) is 76.4 cm³/mol. The number of nitrogens with one attached hydrogen (secondary N) is 1. The fourth-order valence-corrected chi connectivity index (χ4v) is 2.96. The standard InChI is InChI=1S/C15H20ClNO2/c1-10-5-6-11(7-14(10)16)8-17-9-12-3-2-4-13(12)15(18)19/h5-7,12-13,17H,2-4,8-9H2,1H3,(H,18,19). The topological polar surface area (TPSA) is 49.3 Å². The van der Waals surface area contributed by atoms with Crippen LogP contribution in [0.2, 0.25) is 5.02 Å². The van der Waals surface area contributed by atoms with E-state index >= 15 is 0 Å². The van der Waals surface area contributed by atoms with E-state index in [1.807, 2.05) is 19.1 Å². The molecular weight excluding hydrogens is 262 g/mol. The van der Waals surface area contributed by atoms with E-state index in [0.717, 1.165) is 48.5 Å². The van der Waals surface area contributed by atoms with Crippen LogP contribution in [0.1, 0.15) is 30.4 Å². The molecule has 2 unspecified atom stereocenters. The highest BCUT2D eigenvalue weighted by molar-refractivity contribution is 6.31. The van der Waals surface area contributed by atoms with Gasteiger partial charge in [0.05, 0.1) is 5.92 Å². The fraction of sp³-hybridized carbons (Fsp3) is 0.533. The van der Waals surface area contributed by atoms with Crippen LogP contribution < -0.4 is 5.32 Å². The van der Waals surface area contributed by atoms with Crippen molar-refractivity contribution in [1.29, 1.82) is 0 Å². The van der Waals surface area contributed by atoms with Crippen LogP contribution in [-0.4, -0.2) is 17.6 Å². The first-order valence-electron chi connectivity index (χ1n) is 6.76. The van der Waals surface area contributed by atoms with Crippen molar-refractivity contribution in [2.75, 3.05) is 6.54 Å². The summed E-state index contributed by atoms with van der Waals surface area (Å²) >= 11 is 6.08. The highest BCUT2D eigenvalue weighted by atomic mass is 35.5. The zero-order valence-corrected chi connectivity index (χ0v) is 11.9. The summed E-state index contributed by atoms with van der Waals surface area (Å²) in [5, 5.41) is 13.3. The van der Waals surface area contributed by atoms with E-state index in [2.05, 4.69) is 11.4 Å². The summed E-state index contributed by atoms with van der Waals surface area (Å²) in [6.07, 6.45) is 2.86. The number of hydrogen-bond acceptors (Lipinski definition) is 2. The van der Waals surface area contributed by atoms with Crippen molar-refractivity contribution in [3.05, 3.63) is 34.3 Å². The SMILES string of the molecule is Cc1ccc(CNCC2CCCC2C(=O)O)cc1Cl. The van der Waals surface area contributed by atoms with Crippen LogP contribution in [0.5, 0.6) is 0 Å². The van der Waals surface area contributed by atoms with Gasteiger partial charge in [0.25, 0.3) is 0 Å². The van der Waals surface area contributed by atoms with Crippen LogP contribution in [0, 0.1) is 18.8 Å². The summed E-state index contributed by atoms with van der Waals surface area (Å²) in [6.45, 7) is 3.49. The quantitative estimate of drug-likeness (QED) is 0.871. The summed E-state index contributed by atoms with van der Waals surface area (Å²) in [4.78, 5) is 11.1. The van der Waals surface area contributed by atoms with Gasteiger partial charge in [-0.2, -0.15) is 0 Å². The van der Waals surface area contributed by atoms with Gasteiger partial charge in [-0.1, -0.05) is 30.2 Å². The molecule has 2 N–H and O–H groups in total. The predicted octanol–water partition coefficient (Wildman–Crippen LogP) is 3.24. The Kier molecular flexibility index (Phi) is 4.83. The van der Waals surface area contributed by atoms with Crippen molar-refractivity contribution in [2.24, 2.45) is 11.8 Å². The first kappa shape index (κ1) is 14.4. The van der Waals surface area contributed by atoms with E-state index in [1.54, 1.807) is 0 Å². The van der Waals surface area contributed by atoms with Gasteiger partial charge in [-0.3, -0.25) is 4.79 Å². The molecule has 2 atom stereocenters. The molecule has 1 aliphatic carbocycles. The number of carboxylic acids is 1. The minimum absolute atomic E-state index is 0.172. The molecule has 0 aromatic heterocycles. The molecule has 1 saturated carbocycles. The smallest absolute Gasteiger partial charge is 0.306 e. The number of halogens is 1. The molecule has 1 aliphatic rings. The molecule has 0 aliphatic heterocycles. The second-order valence-corrected chi connectivity index (χ2v) is 5.76. The normalized spacial score (nSPS) is 22.6. The van der Waals surface area contributed by atoms with Gasteiger partial charge in [-0.05, 0) is 49.4 Å². The van der Waals surface area contributed by atoms with Crippen molar-refractivity contribution in [3.63, 3.8) is 0 Å². The third kappa shape index (κ3) is 3.71. The minimum atomic E-state index is -0.650. The average Bonchev–Trinajstić information content (AvgIpc) is 2.82. The fourth-order valence-electron chi connectivity index (χ4n) is 2.75. The van der Waals surface area contributed by atoms with Gasteiger partial charge in [0, 0.05) is 11.6 Å². The Hall–Kier alpha value is -1.06. The summed E-state index contributed by atoms with van der Waals surface area (Å²) in [6, 6.07) is 6.03. The highest BCUT2D eigenvalue weighted by Crippen LogP contribution is 2.31. The number of benzene rings is 1. The Labute approximate surface area is 119 Å². The van der Waals surface area contributed by atoms with Gasteiger partial charge in [0.2, 0.25) is 0 Å². The first-order chi connectivity index (χ1) is 9.08. The number of aryl methyl sites for hydroxylation is 1. The molecular formula is C15H20ClNO2. The Morgan fingerprint density at radius 2 is 2.26 bits per heavy atom. The van der Waals surface area contributed by atoms with Crippen molar-refractivity contribution in [3.8, 4) is 0 Å². The second-order valence-electron chi connectivity index (χ2n) is 5.35. The van der Waals surface area contributed by atoms with Crippen LogP contribution in [0.25, 0.3) is 0 Å². The number of carboxylic acid groups (broad SMARTS) is 1. The molecule has 1 aromatic rings. The first-order valence-corrected chi connectivity index (χ1v) is 7.14. The molecule has 0 bridgehead atoms. The molecule has 1 fully saturated rings. The van der Waals surface area contributed by atoms with Crippen LogP contribution in [0.4, 0.5) is 0 Å². The molecule has 2 rings (SSSR count). The van der Waals surface area contributed by atoms with Crippen molar-refractivity contribution in [1.82, 2.24) is 5.32 Å². The Bertz CT molecular complexity index is 461. The molecule has 0 spiro atoms. The van der Waals surface area contributed by atoms with Crippen LogP contribution in [0.15, 0.2) is 18.2 Å². The summed E-state index contributed by atoms with van der Waals surface area (Å²) < 4.78 is 0. The average molecular weight is 282 g/mol. The summed E-state index contributed by atoms with van der Waals surface area (Å²) in [5.41, 5.74) is 2.22. The molecule has 4 heteroatoms. The molecule has 0 radical (unpaired) electrons. The summed E-state index contributed by atoms with van der Waals surface area (Å²) in [5.74, 6) is -0.560. The zero-order valence-electron chi connectivity index (χ0n) is 11.2. The Morgan fingerprint density at radius 3 is 2.95 bits per heavy atom. The van der Waals surface area contributed by atoms with Crippen molar-refractivity contribution >= 4 is 17.6 Å². The third-order valence-electron chi connectivity index (χ3n) is 3.95. The van der Waals surface area contributed by atoms with Crippen molar-refractivity contribution in [2.45, 2.75) is 32.7 Å². The van der Waals surface area contributed by atoms with E-state index in [1.165, 1.54) is 0 Å². The maximum Gasteiger partial charge on any atom is 0.306 e. The highest BCUT2D eigenvalue weighted by Gasteiger charge is 2.32. The van der Waals surface area contributed by atoms with E-state index < -0.39 is 5.97 Å². The molecule has 0 amide bonds. The number of rotatable bonds is 5. The molecule has 0 heterocycles. The minimum Gasteiger partial charge on any atom is -0.481 e. The lowest BCUT2D eigenvalue weighted by Gasteiger charge is -2.16. The van der Waals surface area contributed by atoms with Gasteiger partial charge in [-0.25, -0.2) is 0 Å². The third-order valence-corrected chi connectivity index (χ3v) is 4.36. The largest absolute Gasteiger partial charge is 0.481 e. The Balaban J connectivity index is 1.83. The van der Waals surface area contributed by atoms with E-state index in [0.29, 0.717) is 0 Å². The molecule has 3 nitrogen and oxygen atoms in total. The lowest BCUT2D eigenvalue weighted by molar-refractivity contribution is -0.142. The maximum atomic E-state index is 11.1. The van der Waals surface area contributed by atoms with Gasteiger partial charge in [-0.15, -0.1) is 0 Å². The maximum absolute atomic E-state index is 11.1. The van der Waals surface area contributed by atoms with Gasteiger partial charge >= 0.3 is 5.97 Å². The Morgan fingerprint density at radius 1 is 1.47 bits per heavy atom. The van der Waals surface area contributed by atoms with Gasteiger partial charge in [0.1, 0.15) is 0 Å². The number of aliphatic carboxylic acids is 1. The molecule has 104 valence electrons. The van der Waals surface area contributed by atoms with Crippen LogP contribution >= 0.6 is 11.6 Å². The monoisotopic (exact) mass is 281 g/mol. The van der Waals surface area contributed by atoms with Gasteiger partial charge < -0.3 is 10.4 Å². The zero-order chi connectivity index (χ0) is 13.8. The van der Waals surface area contributed by atoms with E-state index in [4.69, 9.17) is 16.7 Å². The molecule has 0 saturated heterocycles. The van der Waals surface area contributed by atoms with Gasteiger partial charge in [0.15, 0.2) is 0 Å². The second kappa shape index (κ2) is 6.40. The lowest BCUT2D eigenvalue weighted by Crippen LogP contribution is -2.28. The van der Waals surface area contributed by atoms with Crippen LogP contribution in [-0.2, 0) is 11.3 Å². The number of carbonyl (C=O) groups is 1.